The summed E-state index contributed by atoms with van der Waals surface area (Å²) in [5.41, 5.74) is 4.06. The lowest BCUT2D eigenvalue weighted by Crippen LogP contribution is -2.07. The fourth-order valence-corrected chi connectivity index (χ4v) is 4.20. The summed E-state index contributed by atoms with van der Waals surface area (Å²) < 4.78 is 0. The molecule has 0 bridgehead atoms. The minimum atomic E-state index is -1.26. The molecular weight excluding hydrogens is 340 g/mol. The summed E-state index contributed by atoms with van der Waals surface area (Å²) in [4.78, 5) is 25.5. The minimum absolute atomic E-state index is 0.558. The summed E-state index contributed by atoms with van der Waals surface area (Å²) in [5.74, 6) is -1.86. The number of nitrogens with zero attached hydrogens (tertiary/aromatic N) is 1. The Morgan fingerprint density at radius 1 is 1.20 bits per heavy atom. The van der Waals surface area contributed by atoms with E-state index in [1.165, 1.54) is 33.1 Å². The molecule has 1 atom stereocenters. The Morgan fingerprint density at radius 2 is 1.92 bits per heavy atom. The van der Waals surface area contributed by atoms with E-state index in [0.717, 1.165) is 19.5 Å². The number of thiazole rings is 1. The molecule has 1 unspecified atom stereocenters. The zero-order valence-electron chi connectivity index (χ0n) is 13.4. The van der Waals surface area contributed by atoms with Crippen LogP contribution in [-0.4, -0.2) is 40.2 Å². The zero-order valence-corrected chi connectivity index (χ0v) is 14.3. The van der Waals surface area contributed by atoms with Crippen LogP contribution in [0.3, 0.4) is 0 Å². The summed E-state index contributed by atoms with van der Waals surface area (Å²) in [6.45, 7) is 2.25. The van der Waals surface area contributed by atoms with Gasteiger partial charge in [-0.05, 0) is 18.5 Å². The molecule has 1 saturated heterocycles. The second-order valence-electron chi connectivity index (χ2n) is 5.86. The third kappa shape index (κ3) is 4.12. The number of hydrogen-bond acceptors (Lipinski definition) is 5. The molecule has 130 valence electrons. The first-order chi connectivity index (χ1) is 12.0. The number of hydrogen-bond donors (Lipinski definition) is 3. The van der Waals surface area contributed by atoms with Crippen LogP contribution in [0.25, 0.3) is 11.3 Å². The maximum atomic E-state index is 9.55. The summed E-state index contributed by atoms with van der Waals surface area (Å²) in [7, 11) is 0. The first-order valence-corrected chi connectivity index (χ1v) is 8.78. The van der Waals surface area contributed by atoms with E-state index in [-0.39, 0.29) is 0 Å². The first kappa shape index (κ1) is 17.3. The van der Waals surface area contributed by atoms with Crippen LogP contribution in [-0.2, 0) is 16.0 Å². The van der Waals surface area contributed by atoms with Crippen molar-refractivity contribution in [3.63, 3.8) is 0 Å². The van der Waals surface area contributed by atoms with E-state index in [1.54, 1.807) is 0 Å². The number of rotatable bonds is 3. The van der Waals surface area contributed by atoms with Crippen molar-refractivity contribution in [2.45, 2.75) is 18.8 Å². The Hall–Kier alpha value is -2.51. The fraction of sp³-hybridized carbons (Fsp3) is 0.278. The topological polar surface area (TPSA) is 99.5 Å². The van der Waals surface area contributed by atoms with Crippen LogP contribution >= 0.6 is 11.3 Å². The molecule has 0 radical (unpaired) electrons. The van der Waals surface area contributed by atoms with Crippen molar-refractivity contribution in [3.05, 3.63) is 51.9 Å². The largest absolute Gasteiger partial charge is 0.478 e. The van der Waals surface area contributed by atoms with Crippen LogP contribution in [0.1, 0.15) is 27.8 Å². The van der Waals surface area contributed by atoms with Crippen molar-refractivity contribution in [2.75, 3.05) is 13.1 Å². The Labute approximate surface area is 148 Å². The van der Waals surface area contributed by atoms with Crippen molar-refractivity contribution in [1.29, 1.82) is 0 Å². The highest BCUT2D eigenvalue weighted by atomic mass is 32.1. The van der Waals surface area contributed by atoms with Gasteiger partial charge < -0.3 is 15.5 Å². The number of aromatic nitrogens is 1. The Morgan fingerprint density at radius 3 is 2.56 bits per heavy atom. The van der Waals surface area contributed by atoms with E-state index in [4.69, 9.17) is 15.2 Å². The number of nitrogens with one attached hydrogen (secondary N) is 1. The van der Waals surface area contributed by atoms with Gasteiger partial charge in [-0.15, -0.1) is 11.3 Å². The number of carbonyl (C=O) groups is 2. The third-order valence-electron chi connectivity index (χ3n) is 4.12. The predicted octanol–water partition coefficient (Wildman–Crippen LogP) is 2.50. The number of fused-ring (bicyclic) bond motifs is 3. The van der Waals surface area contributed by atoms with E-state index >= 15 is 0 Å². The maximum Gasteiger partial charge on any atom is 0.328 e. The predicted molar refractivity (Wildman–Crippen MR) is 95.0 cm³/mol. The quantitative estimate of drug-likeness (QED) is 0.622. The molecule has 1 aromatic heterocycles. The van der Waals surface area contributed by atoms with Crippen molar-refractivity contribution >= 4 is 23.3 Å². The number of benzene rings is 1. The normalized spacial score (nSPS) is 17.7. The molecule has 3 N–H and O–H groups in total. The second-order valence-corrected chi connectivity index (χ2v) is 6.97. The number of carboxylic acids is 2. The smallest absolute Gasteiger partial charge is 0.328 e. The van der Waals surface area contributed by atoms with Crippen molar-refractivity contribution < 1.29 is 19.8 Å². The number of carboxylic acid groups (broad SMARTS) is 2. The monoisotopic (exact) mass is 358 g/mol. The van der Waals surface area contributed by atoms with Gasteiger partial charge in [-0.25, -0.2) is 14.6 Å². The van der Waals surface area contributed by atoms with Crippen LogP contribution < -0.4 is 5.32 Å². The van der Waals surface area contributed by atoms with Gasteiger partial charge in [0.1, 0.15) is 0 Å². The Bertz CT molecular complexity index is 806. The fourth-order valence-electron chi connectivity index (χ4n) is 2.96. The SMILES string of the molecule is O=C(O)/C=C/C(=O)O.c1ccc2c(c1)Cc1sc(C3CCNC3)nc1-2. The maximum absolute atomic E-state index is 9.55. The molecule has 7 heteroatoms. The van der Waals surface area contributed by atoms with Crippen molar-refractivity contribution in [1.82, 2.24) is 10.3 Å². The van der Waals surface area contributed by atoms with Gasteiger partial charge in [0.15, 0.2) is 0 Å². The van der Waals surface area contributed by atoms with E-state index < -0.39 is 11.9 Å². The third-order valence-corrected chi connectivity index (χ3v) is 5.33. The van der Waals surface area contributed by atoms with Gasteiger partial charge in [0.05, 0.1) is 10.7 Å². The Balaban J connectivity index is 0.000000197. The molecule has 6 nitrogen and oxygen atoms in total. The van der Waals surface area contributed by atoms with Gasteiger partial charge >= 0.3 is 11.9 Å². The lowest BCUT2D eigenvalue weighted by Gasteiger charge is -2.03. The van der Waals surface area contributed by atoms with E-state index in [9.17, 15) is 9.59 Å². The van der Waals surface area contributed by atoms with Gasteiger partial charge in [-0.3, -0.25) is 0 Å². The van der Waals surface area contributed by atoms with Gasteiger partial charge in [0, 0.05) is 41.5 Å². The summed E-state index contributed by atoms with van der Waals surface area (Å²) in [5, 5.41) is 20.4. The van der Waals surface area contributed by atoms with Gasteiger partial charge in [0.2, 0.25) is 0 Å². The molecule has 1 fully saturated rings. The summed E-state index contributed by atoms with van der Waals surface area (Å²) in [6.07, 6.45) is 3.45. The molecule has 1 aliphatic heterocycles. The molecule has 1 aromatic carbocycles. The van der Waals surface area contributed by atoms with Crippen molar-refractivity contribution in [3.8, 4) is 11.3 Å². The van der Waals surface area contributed by atoms with Crippen LogP contribution in [0.2, 0.25) is 0 Å². The van der Waals surface area contributed by atoms with Crippen molar-refractivity contribution in [2.24, 2.45) is 0 Å². The lowest BCUT2D eigenvalue weighted by atomic mass is 10.1. The highest BCUT2D eigenvalue weighted by molar-refractivity contribution is 7.12. The Kier molecular flexibility index (Phi) is 5.25. The molecule has 25 heavy (non-hydrogen) atoms. The minimum Gasteiger partial charge on any atom is -0.478 e. The summed E-state index contributed by atoms with van der Waals surface area (Å²) >= 11 is 1.92. The second kappa shape index (κ2) is 7.58. The average Bonchev–Trinajstić information content (AvgIpc) is 3.28. The van der Waals surface area contributed by atoms with Gasteiger partial charge in [0.25, 0.3) is 0 Å². The highest BCUT2D eigenvalue weighted by Crippen LogP contribution is 2.41. The number of aliphatic carboxylic acids is 2. The van der Waals surface area contributed by atoms with Crippen LogP contribution in [0.15, 0.2) is 36.4 Å². The van der Waals surface area contributed by atoms with Crippen LogP contribution in [0, 0.1) is 0 Å². The van der Waals surface area contributed by atoms with Crippen LogP contribution in [0.5, 0.6) is 0 Å². The molecule has 2 aromatic rings. The molecule has 1 aliphatic carbocycles. The molecule has 2 heterocycles. The van der Waals surface area contributed by atoms with E-state index in [1.807, 2.05) is 11.3 Å². The van der Waals surface area contributed by atoms with E-state index in [0.29, 0.717) is 18.1 Å². The summed E-state index contributed by atoms with van der Waals surface area (Å²) in [6, 6.07) is 8.67. The average molecular weight is 358 g/mol. The molecule has 0 spiro atoms. The molecule has 2 aliphatic rings. The lowest BCUT2D eigenvalue weighted by molar-refractivity contribution is -0.134. The molecule has 4 rings (SSSR count). The zero-order chi connectivity index (χ0) is 17.8. The van der Waals surface area contributed by atoms with Crippen LogP contribution in [0.4, 0.5) is 0 Å². The molecular formula is C18H18N2O4S. The van der Waals surface area contributed by atoms with Gasteiger partial charge in [-0.1, -0.05) is 24.3 Å². The molecule has 0 amide bonds. The standard InChI is InChI=1S/C14H14N2S.C4H4O4/c1-2-4-11-9(3-1)7-12-13(11)16-14(17-12)10-5-6-15-8-10;5-3(6)1-2-4(7)8/h1-4,10,15H,5-8H2;1-2H,(H,5,6)(H,7,8)/b;2-1+. The van der Waals surface area contributed by atoms with E-state index in [2.05, 4.69) is 29.6 Å². The molecule has 0 saturated carbocycles. The van der Waals surface area contributed by atoms with Gasteiger partial charge in [-0.2, -0.15) is 0 Å². The first-order valence-electron chi connectivity index (χ1n) is 7.97. The highest BCUT2D eigenvalue weighted by Gasteiger charge is 2.27.